The molecule has 1 heterocycles. The smallest absolute Gasteiger partial charge is 0.326 e. The predicted molar refractivity (Wildman–Crippen MR) is 79.3 cm³/mol. The van der Waals surface area contributed by atoms with Gasteiger partial charge in [0.1, 0.15) is 16.9 Å². The summed E-state index contributed by atoms with van der Waals surface area (Å²) >= 11 is 1.19. The summed E-state index contributed by atoms with van der Waals surface area (Å²) in [6.07, 6.45) is 2.97. The average Bonchev–Trinajstić information content (AvgIpc) is 2.43. The van der Waals surface area contributed by atoms with Gasteiger partial charge in [0.05, 0.1) is 24.8 Å². The third-order valence-corrected chi connectivity index (χ3v) is 3.36. The van der Waals surface area contributed by atoms with E-state index in [1.165, 1.54) is 24.2 Å². The van der Waals surface area contributed by atoms with Crippen LogP contribution in [0.5, 0.6) is 0 Å². The van der Waals surface area contributed by atoms with Crippen molar-refractivity contribution in [3.05, 3.63) is 12.4 Å². The van der Waals surface area contributed by atoms with Crippen molar-refractivity contribution in [2.24, 2.45) is 5.92 Å². The Morgan fingerprint density at radius 1 is 1.43 bits per heavy atom. The van der Waals surface area contributed by atoms with Crippen LogP contribution in [-0.4, -0.2) is 45.4 Å². The van der Waals surface area contributed by atoms with E-state index in [0.29, 0.717) is 17.5 Å². The highest BCUT2D eigenvalue weighted by Crippen LogP contribution is 2.17. The summed E-state index contributed by atoms with van der Waals surface area (Å²) in [4.78, 5) is 30.6. The zero-order valence-corrected chi connectivity index (χ0v) is 13.0. The Balaban J connectivity index is 2.67. The molecule has 116 valence electrons. The summed E-state index contributed by atoms with van der Waals surface area (Å²) in [7, 11) is 0. The second-order valence-electron chi connectivity index (χ2n) is 4.54. The average molecular weight is 313 g/mol. The van der Waals surface area contributed by atoms with Gasteiger partial charge in [-0.25, -0.2) is 9.78 Å². The van der Waals surface area contributed by atoms with Crippen molar-refractivity contribution < 1.29 is 19.4 Å². The van der Waals surface area contributed by atoms with Crippen molar-refractivity contribution >= 4 is 29.5 Å². The molecule has 0 aromatic carbocycles. The van der Waals surface area contributed by atoms with E-state index < -0.39 is 12.0 Å². The minimum absolute atomic E-state index is 0.0971. The molecule has 0 spiro atoms. The molecule has 1 atom stereocenters. The van der Waals surface area contributed by atoms with Gasteiger partial charge < -0.3 is 15.2 Å². The lowest BCUT2D eigenvalue weighted by Gasteiger charge is -2.18. The number of anilines is 1. The van der Waals surface area contributed by atoms with E-state index in [2.05, 4.69) is 15.3 Å². The molecule has 0 aliphatic rings. The molecule has 8 heteroatoms. The molecule has 1 aromatic rings. The lowest BCUT2D eigenvalue weighted by atomic mass is 10.1. The van der Waals surface area contributed by atoms with E-state index in [9.17, 15) is 9.59 Å². The summed E-state index contributed by atoms with van der Waals surface area (Å²) < 4.78 is 4.82. The lowest BCUT2D eigenvalue weighted by molar-refractivity contribution is -0.140. The second kappa shape index (κ2) is 8.46. The Morgan fingerprint density at radius 3 is 2.71 bits per heavy atom. The van der Waals surface area contributed by atoms with Gasteiger partial charge in [-0.05, 0) is 12.8 Å². The molecule has 1 rings (SSSR count). The summed E-state index contributed by atoms with van der Waals surface area (Å²) in [6.45, 7) is 5.68. The number of carboxylic acid groups (broad SMARTS) is 1. The maximum Gasteiger partial charge on any atom is 0.326 e. The first-order valence-electron chi connectivity index (χ1n) is 6.53. The number of rotatable bonds is 8. The fourth-order valence-electron chi connectivity index (χ4n) is 1.50. The van der Waals surface area contributed by atoms with Crippen LogP contribution in [0.3, 0.4) is 0 Å². The Bertz CT molecular complexity index is 496. The molecule has 0 amide bonds. The molecule has 0 aliphatic carbocycles. The Labute approximate surface area is 127 Å². The molecule has 2 N–H and O–H groups in total. The molecular formula is C13H19N3O4S. The van der Waals surface area contributed by atoms with Crippen LogP contribution in [0.25, 0.3) is 0 Å². The molecule has 0 fully saturated rings. The fraction of sp³-hybridized carbons (Fsp3) is 0.538. The van der Waals surface area contributed by atoms with Crippen molar-refractivity contribution in [1.82, 2.24) is 9.97 Å². The molecule has 21 heavy (non-hydrogen) atoms. The molecule has 0 saturated heterocycles. The molecule has 0 aliphatic heterocycles. The minimum Gasteiger partial charge on any atom is -0.480 e. The van der Waals surface area contributed by atoms with E-state index in [-0.39, 0.29) is 17.6 Å². The zero-order valence-electron chi connectivity index (χ0n) is 12.2. The number of thioether (sulfide) groups is 1. The first kappa shape index (κ1) is 17.2. The topological polar surface area (TPSA) is 101 Å². The Hall–Kier alpha value is -1.83. The van der Waals surface area contributed by atoms with Crippen LogP contribution in [0.15, 0.2) is 17.4 Å². The van der Waals surface area contributed by atoms with Gasteiger partial charge in [-0.1, -0.05) is 25.6 Å². The largest absolute Gasteiger partial charge is 0.480 e. The number of esters is 1. The van der Waals surface area contributed by atoms with E-state index >= 15 is 0 Å². The number of carbonyl (C=O) groups is 2. The first-order valence-corrected chi connectivity index (χ1v) is 7.52. The maximum absolute atomic E-state index is 11.3. The second-order valence-corrected chi connectivity index (χ2v) is 5.54. The highest BCUT2D eigenvalue weighted by Gasteiger charge is 2.21. The van der Waals surface area contributed by atoms with Crippen molar-refractivity contribution in [2.45, 2.75) is 31.8 Å². The number of nitrogens with zero attached hydrogens (tertiary/aromatic N) is 2. The van der Waals surface area contributed by atoms with Crippen molar-refractivity contribution in [3.8, 4) is 0 Å². The molecule has 0 bridgehead atoms. The van der Waals surface area contributed by atoms with Gasteiger partial charge in [-0.3, -0.25) is 9.78 Å². The molecular weight excluding hydrogens is 294 g/mol. The Morgan fingerprint density at radius 2 is 2.14 bits per heavy atom. The number of hydrogen-bond acceptors (Lipinski definition) is 7. The van der Waals surface area contributed by atoms with Crippen LogP contribution in [0.1, 0.15) is 20.8 Å². The number of aromatic nitrogens is 2. The van der Waals surface area contributed by atoms with E-state index in [1.807, 2.05) is 0 Å². The Kier molecular flexibility index (Phi) is 6.93. The van der Waals surface area contributed by atoms with Gasteiger partial charge in [-0.2, -0.15) is 0 Å². The summed E-state index contributed by atoms with van der Waals surface area (Å²) in [5.41, 5.74) is 0. The lowest BCUT2D eigenvalue weighted by Crippen LogP contribution is -2.34. The summed E-state index contributed by atoms with van der Waals surface area (Å²) in [5, 5.41) is 12.5. The molecule has 0 saturated carbocycles. The normalized spacial score (nSPS) is 12.0. The zero-order chi connectivity index (χ0) is 15.8. The van der Waals surface area contributed by atoms with Gasteiger partial charge in [0.15, 0.2) is 0 Å². The number of hydrogen-bond donors (Lipinski definition) is 2. The van der Waals surface area contributed by atoms with Gasteiger partial charge in [0.2, 0.25) is 0 Å². The van der Waals surface area contributed by atoms with E-state index in [0.717, 1.165) is 0 Å². The standard InChI is InChI=1S/C13H19N3O4S/c1-4-20-11(17)7-21-10-6-14-5-9(15-10)16-12(8(2)3)13(18)19/h5-6,8,12H,4,7H2,1-3H3,(H,15,16)(H,18,19)/t12-/m1/s1. The van der Waals surface area contributed by atoms with Crippen LogP contribution < -0.4 is 5.32 Å². The predicted octanol–water partition coefficient (Wildman–Crippen LogP) is 1.65. The third-order valence-electron chi connectivity index (χ3n) is 2.49. The van der Waals surface area contributed by atoms with E-state index in [1.54, 1.807) is 20.8 Å². The van der Waals surface area contributed by atoms with Crippen LogP contribution in [0.4, 0.5) is 5.82 Å². The van der Waals surface area contributed by atoms with E-state index in [4.69, 9.17) is 9.84 Å². The van der Waals surface area contributed by atoms with Crippen LogP contribution >= 0.6 is 11.8 Å². The fourth-order valence-corrected chi connectivity index (χ4v) is 2.14. The number of carboxylic acids is 1. The minimum atomic E-state index is -0.948. The van der Waals surface area contributed by atoms with Gasteiger partial charge >= 0.3 is 11.9 Å². The number of aliphatic carboxylic acids is 1. The molecule has 0 radical (unpaired) electrons. The number of nitrogens with one attached hydrogen (secondary N) is 1. The van der Waals surface area contributed by atoms with Gasteiger partial charge in [0, 0.05) is 0 Å². The van der Waals surface area contributed by atoms with Gasteiger partial charge in [0.25, 0.3) is 0 Å². The van der Waals surface area contributed by atoms with Crippen LogP contribution in [0.2, 0.25) is 0 Å². The summed E-state index contributed by atoms with van der Waals surface area (Å²) in [5.74, 6) is -0.867. The quantitative estimate of drug-likeness (QED) is 0.552. The first-order chi connectivity index (χ1) is 9.93. The highest BCUT2D eigenvalue weighted by molar-refractivity contribution is 7.99. The monoisotopic (exact) mass is 313 g/mol. The van der Waals surface area contributed by atoms with Crippen molar-refractivity contribution in [2.75, 3.05) is 17.7 Å². The SMILES string of the molecule is CCOC(=O)CSc1cncc(N[C@@H](C(=O)O)C(C)C)n1. The molecule has 7 nitrogen and oxygen atoms in total. The molecule has 0 unspecified atom stereocenters. The number of ether oxygens (including phenoxy) is 1. The van der Waals surface area contributed by atoms with Crippen molar-refractivity contribution in [3.63, 3.8) is 0 Å². The van der Waals surface area contributed by atoms with Crippen LogP contribution in [-0.2, 0) is 14.3 Å². The summed E-state index contributed by atoms with van der Waals surface area (Å²) in [6, 6.07) is -0.746. The van der Waals surface area contributed by atoms with Crippen LogP contribution in [0, 0.1) is 5.92 Å². The number of carbonyl (C=O) groups excluding carboxylic acids is 1. The third kappa shape index (κ3) is 5.99. The molecule has 1 aromatic heterocycles. The van der Waals surface area contributed by atoms with Gasteiger partial charge in [-0.15, -0.1) is 0 Å². The highest BCUT2D eigenvalue weighted by atomic mass is 32.2. The maximum atomic E-state index is 11.3. The van der Waals surface area contributed by atoms with Crippen molar-refractivity contribution in [1.29, 1.82) is 0 Å².